The standard InChI is InChI=1S/C17H25N5O/c1-11(2)16-18-19-17-12(3)21(8-9-22(16)17)10-14-13-6-4-5-7-15(13)23-20-14/h11-12H,4-10H2,1-3H3. The van der Waals surface area contributed by atoms with E-state index in [1.807, 2.05) is 0 Å². The van der Waals surface area contributed by atoms with Crippen LogP contribution in [-0.2, 0) is 25.9 Å². The first-order chi connectivity index (χ1) is 11.1. The summed E-state index contributed by atoms with van der Waals surface area (Å²) in [5.41, 5.74) is 2.49. The smallest absolute Gasteiger partial charge is 0.150 e. The Hall–Kier alpha value is -1.69. The third-order valence-corrected chi connectivity index (χ3v) is 5.24. The fourth-order valence-corrected chi connectivity index (χ4v) is 3.86. The Morgan fingerprint density at radius 1 is 1.17 bits per heavy atom. The van der Waals surface area contributed by atoms with E-state index in [2.05, 4.69) is 45.6 Å². The zero-order valence-corrected chi connectivity index (χ0v) is 14.2. The van der Waals surface area contributed by atoms with Crippen molar-refractivity contribution < 1.29 is 4.52 Å². The second-order valence-electron chi connectivity index (χ2n) is 7.11. The Balaban J connectivity index is 1.56. The number of rotatable bonds is 3. The lowest BCUT2D eigenvalue weighted by atomic mass is 9.96. The minimum atomic E-state index is 0.264. The van der Waals surface area contributed by atoms with Crippen molar-refractivity contribution in [2.75, 3.05) is 6.54 Å². The second-order valence-corrected chi connectivity index (χ2v) is 7.11. The van der Waals surface area contributed by atoms with Crippen molar-refractivity contribution in [1.82, 2.24) is 24.8 Å². The fourth-order valence-electron chi connectivity index (χ4n) is 3.86. The van der Waals surface area contributed by atoms with Crippen molar-refractivity contribution in [2.24, 2.45) is 0 Å². The van der Waals surface area contributed by atoms with Gasteiger partial charge in [0.05, 0.1) is 6.04 Å². The molecule has 0 amide bonds. The van der Waals surface area contributed by atoms with Crippen LogP contribution >= 0.6 is 0 Å². The Morgan fingerprint density at radius 2 is 2.00 bits per heavy atom. The minimum absolute atomic E-state index is 0.264. The zero-order chi connectivity index (χ0) is 16.0. The summed E-state index contributed by atoms with van der Waals surface area (Å²) in [6.07, 6.45) is 4.64. The molecule has 0 bridgehead atoms. The Labute approximate surface area is 136 Å². The van der Waals surface area contributed by atoms with Gasteiger partial charge in [0.2, 0.25) is 0 Å². The average Bonchev–Trinajstić information content (AvgIpc) is 3.15. The number of aryl methyl sites for hydroxylation is 1. The SMILES string of the molecule is CC(C)c1nnc2n1CCN(Cc1noc3c1CCCC3)C2C. The van der Waals surface area contributed by atoms with E-state index in [4.69, 9.17) is 4.52 Å². The van der Waals surface area contributed by atoms with Crippen molar-refractivity contribution in [1.29, 1.82) is 0 Å². The van der Waals surface area contributed by atoms with Crippen LogP contribution in [0.3, 0.4) is 0 Å². The van der Waals surface area contributed by atoms with Gasteiger partial charge < -0.3 is 9.09 Å². The summed E-state index contributed by atoms with van der Waals surface area (Å²) in [4.78, 5) is 2.45. The molecule has 1 unspecified atom stereocenters. The molecule has 0 aromatic carbocycles. The molecule has 0 saturated heterocycles. The highest BCUT2D eigenvalue weighted by Gasteiger charge is 2.30. The molecule has 0 N–H and O–H groups in total. The van der Waals surface area contributed by atoms with Gasteiger partial charge in [0.25, 0.3) is 0 Å². The molecule has 1 aliphatic heterocycles. The summed E-state index contributed by atoms with van der Waals surface area (Å²) in [5.74, 6) is 3.71. The van der Waals surface area contributed by atoms with Gasteiger partial charge in [-0.25, -0.2) is 0 Å². The Morgan fingerprint density at radius 3 is 2.83 bits per heavy atom. The molecule has 1 aliphatic carbocycles. The molecule has 1 atom stereocenters. The summed E-state index contributed by atoms with van der Waals surface area (Å²) < 4.78 is 7.85. The van der Waals surface area contributed by atoms with E-state index in [-0.39, 0.29) is 6.04 Å². The van der Waals surface area contributed by atoms with Crippen LogP contribution in [0.5, 0.6) is 0 Å². The molecule has 0 radical (unpaired) electrons. The first-order valence-corrected chi connectivity index (χ1v) is 8.78. The molecule has 6 heteroatoms. The molecule has 2 aliphatic rings. The molecular formula is C17H25N5O. The van der Waals surface area contributed by atoms with E-state index in [0.717, 1.165) is 55.6 Å². The van der Waals surface area contributed by atoms with Gasteiger partial charge in [-0.1, -0.05) is 19.0 Å². The van der Waals surface area contributed by atoms with E-state index in [1.54, 1.807) is 0 Å². The maximum Gasteiger partial charge on any atom is 0.150 e. The van der Waals surface area contributed by atoms with Crippen molar-refractivity contribution >= 4 is 0 Å². The third-order valence-electron chi connectivity index (χ3n) is 5.24. The van der Waals surface area contributed by atoms with Crippen molar-refractivity contribution in [2.45, 2.75) is 71.5 Å². The Kier molecular flexibility index (Phi) is 3.71. The molecular weight excluding hydrogens is 290 g/mol. The summed E-state index contributed by atoms with van der Waals surface area (Å²) >= 11 is 0. The van der Waals surface area contributed by atoms with Crippen LogP contribution in [0.25, 0.3) is 0 Å². The quantitative estimate of drug-likeness (QED) is 0.871. The topological polar surface area (TPSA) is 60.0 Å². The zero-order valence-electron chi connectivity index (χ0n) is 14.2. The molecule has 2 aromatic heterocycles. The largest absolute Gasteiger partial charge is 0.361 e. The van der Waals surface area contributed by atoms with Crippen molar-refractivity contribution in [3.8, 4) is 0 Å². The summed E-state index contributed by atoms with van der Waals surface area (Å²) in [6.45, 7) is 9.39. The van der Waals surface area contributed by atoms with Gasteiger partial charge in [0, 0.05) is 37.5 Å². The highest BCUT2D eigenvalue weighted by molar-refractivity contribution is 5.25. The Bertz CT molecular complexity index is 702. The summed E-state index contributed by atoms with van der Waals surface area (Å²) in [5, 5.41) is 13.2. The lowest BCUT2D eigenvalue weighted by molar-refractivity contribution is 0.150. The van der Waals surface area contributed by atoms with Gasteiger partial charge >= 0.3 is 0 Å². The lowest BCUT2D eigenvalue weighted by Crippen LogP contribution is -2.37. The lowest BCUT2D eigenvalue weighted by Gasteiger charge is -2.33. The summed E-state index contributed by atoms with van der Waals surface area (Å²) in [6, 6.07) is 0.264. The predicted octanol–water partition coefficient (Wildman–Crippen LogP) is 2.85. The van der Waals surface area contributed by atoms with Gasteiger partial charge in [-0.15, -0.1) is 10.2 Å². The second kappa shape index (κ2) is 5.74. The van der Waals surface area contributed by atoms with E-state index in [1.165, 1.54) is 18.4 Å². The van der Waals surface area contributed by atoms with Crippen LogP contribution in [0.2, 0.25) is 0 Å². The minimum Gasteiger partial charge on any atom is -0.361 e. The van der Waals surface area contributed by atoms with Gasteiger partial charge in [0.15, 0.2) is 0 Å². The number of fused-ring (bicyclic) bond motifs is 2. The van der Waals surface area contributed by atoms with Crippen LogP contribution < -0.4 is 0 Å². The molecule has 0 fully saturated rings. The van der Waals surface area contributed by atoms with Crippen LogP contribution in [0.15, 0.2) is 4.52 Å². The molecule has 2 aromatic rings. The highest BCUT2D eigenvalue weighted by Crippen LogP contribution is 2.30. The summed E-state index contributed by atoms with van der Waals surface area (Å²) in [7, 11) is 0. The first kappa shape index (κ1) is 14.9. The predicted molar refractivity (Wildman–Crippen MR) is 86.1 cm³/mol. The highest BCUT2D eigenvalue weighted by atomic mass is 16.5. The molecule has 3 heterocycles. The number of hydrogen-bond donors (Lipinski definition) is 0. The molecule has 0 spiro atoms. The van der Waals surface area contributed by atoms with Crippen LogP contribution in [-0.4, -0.2) is 31.4 Å². The number of aromatic nitrogens is 4. The van der Waals surface area contributed by atoms with Gasteiger partial charge in [-0.3, -0.25) is 4.90 Å². The fraction of sp³-hybridized carbons (Fsp3) is 0.706. The van der Waals surface area contributed by atoms with Crippen molar-refractivity contribution in [3.05, 3.63) is 28.7 Å². The number of nitrogens with zero attached hydrogens (tertiary/aromatic N) is 5. The van der Waals surface area contributed by atoms with Gasteiger partial charge in [-0.2, -0.15) is 0 Å². The van der Waals surface area contributed by atoms with Gasteiger partial charge in [0.1, 0.15) is 23.1 Å². The molecule has 4 rings (SSSR count). The molecule has 0 saturated carbocycles. The first-order valence-electron chi connectivity index (χ1n) is 8.78. The normalized spacial score (nSPS) is 21.5. The van der Waals surface area contributed by atoms with E-state index >= 15 is 0 Å². The van der Waals surface area contributed by atoms with E-state index in [9.17, 15) is 0 Å². The molecule has 124 valence electrons. The van der Waals surface area contributed by atoms with Crippen LogP contribution in [0, 0.1) is 0 Å². The number of hydrogen-bond acceptors (Lipinski definition) is 5. The maximum atomic E-state index is 5.56. The maximum absolute atomic E-state index is 5.56. The van der Waals surface area contributed by atoms with Gasteiger partial charge in [-0.05, 0) is 26.2 Å². The molecule has 6 nitrogen and oxygen atoms in total. The van der Waals surface area contributed by atoms with Crippen LogP contribution in [0.4, 0.5) is 0 Å². The van der Waals surface area contributed by atoms with Crippen molar-refractivity contribution in [3.63, 3.8) is 0 Å². The van der Waals surface area contributed by atoms with Crippen LogP contribution in [0.1, 0.15) is 74.2 Å². The third kappa shape index (κ3) is 2.49. The monoisotopic (exact) mass is 315 g/mol. The molecule has 23 heavy (non-hydrogen) atoms. The average molecular weight is 315 g/mol. The van der Waals surface area contributed by atoms with E-state index in [0.29, 0.717) is 5.92 Å². The van der Waals surface area contributed by atoms with E-state index < -0.39 is 0 Å².